The predicted octanol–water partition coefficient (Wildman–Crippen LogP) is 6.46. The maximum Gasteiger partial charge on any atom is 0.287 e. The Morgan fingerprint density at radius 2 is 1.76 bits per heavy atom. The Kier molecular flexibility index (Phi) is 3.38. The Morgan fingerprint density at radius 3 is 2.59 bits per heavy atom. The lowest BCUT2D eigenvalue weighted by atomic mass is 10.00. The highest BCUT2D eigenvalue weighted by Crippen LogP contribution is 2.39. The van der Waals surface area contributed by atoms with Gasteiger partial charge in [-0.2, -0.15) is 0 Å². The molecule has 0 spiro atoms. The maximum absolute atomic E-state index is 6.39. The maximum atomic E-state index is 6.39. The molecule has 6 rings (SSSR count). The van der Waals surface area contributed by atoms with Gasteiger partial charge < -0.3 is 4.42 Å². The van der Waals surface area contributed by atoms with Crippen molar-refractivity contribution in [3.63, 3.8) is 0 Å². The number of aryl methyl sites for hydroxylation is 3. The van der Waals surface area contributed by atoms with Crippen molar-refractivity contribution in [3.8, 4) is 11.3 Å². The zero-order valence-corrected chi connectivity index (χ0v) is 17.3. The third kappa shape index (κ3) is 2.29. The normalized spacial score (nSPS) is 12.0. The molecule has 140 valence electrons. The number of hydrogen-bond donors (Lipinski definition) is 0. The van der Waals surface area contributed by atoms with Crippen molar-refractivity contribution < 1.29 is 8.98 Å². The van der Waals surface area contributed by atoms with Gasteiger partial charge in [-0.25, -0.2) is 4.57 Å². The van der Waals surface area contributed by atoms with Gasteiger partial charge in [-0.1, -0.05) is 24.3 Å². The number of rotatable bonds is 1. The number of hydrogen-bond acceptors (Lipinski definition) is 3. The second kappa shape index (κ2) is 5.88. The summed E-state index contributed by atoms with van der Waals surface area (Å²) >= 11 is 1.76. The number of nitrogens with zero attached hydrogens (tertiary/aromatic N) is 2. The van der Waals surface area contributed by atoms with Gasteiger partial charge in [0.1, 0.15) is 15.9 Å². The van der Waals surface area contributed by atoms with Crippen molar-refractivity contribution in [1.29, 1.82) is 0 Å². The Morgan fingerprint density at radius 1 is 0.966 bits per heavy atom. The third-order valence-corrected chi connectivity index (χ3v) is 6.97. The van der Waals surface area contributed by atoms with Gasteiger partial charge in [0.2, 0.25) is 0 Å². The van der Waals surface area contributed by atoms with Crippen LogP contribution in [0.25, 0.3) is 54.2 Å². The first-order chi connectivity index (χ1) is 14.1. The molecular weight excluding hydrogens is 376 g/mol. The highest BCUT2D eigenvalue weighted by molar-refractivity contribution is 7.17. The molecule has 0 bridgehead atoms. The van der Waals surface area contributed by atoms with Crippen molar-refractivity contribution >= 4 is 54.3 Å². The smallest absolute Gasteiger partial charge is 0.287 e. The van der Waals surface area contributed by atoms with Gasteiger partial charge in [-0.3, -0.25) is 0 Å². The van der Waals surface area contributed by atoms with Crippen LogP contribution < -0.4 is 4.57 Å². The number of thiophene rings is 1. The molecule has 0 radical (unpaired) electrons. The molecule has 0 aliphatic heterocycles. The molecule has 3 aromatic heterocycles. The molecule has 29 heavy (non-hydrogen) atoms. The largest absolute Gasteiger partial charge is 0.456 e. The average Bonchev–Trinajstić information content (AvgIpc) is 3.28. The van der Waals surface area contributed by atoms with Crippen LogP contribution in [0, 0.1) is 13.8 Å². The van der Waals surface area contributed by atoms with E-state index >= 15 is 0 Å². The van der Waals surface area contributed by atoms with E-state index in [1.54, 1.807) is 11.3 Å². The molecular formula is C25H19N2OS+. The second-order valence-electron chi connectivity index (χ2n) is 7.71. The van der Waals surface area contributed by atoms with Crippen LogP contribution in [-0.2, 0) is 7.05 Å². The molecule has 0 fully saturated rings. The molecule has 0 unspecified atom stereocenters. The molecule has 0 aliphatic rings. The van der Waals surface area contributed by atoms with Crippen LogP contribution in [-0.4, -0.2) is 4.98 Å². The molecule has 0 N–H and O–H groups in total. The fraction of sp³-hybridized carbons (Fsp3) is 0.120. The molecule has 0 amide bonds. The van der Waals surface area contributed by atoms with Gasteiger partial charge in [0.05, 0.1) is 7.05 Å². The monoisotopic (exact) mass is 395 g/mol. The lowest BCUT2D eigenvalue weighted by Crippen LogP contribution is -2.31. The van der Waals surface area contributed by atoms with Crippen LogP contribution in [0.5, 0.6) is 0 Å². The number of fused-ring (bicyclic) bond motifs is 5. The highest BCUT2D eigenvalue weighted by Gasteiger charge is 2.22. The summed E-state index contributed by atoms with van der Waals surface area (Å²) in [7, 11) is 2.06. The zero-order valence-electron chi connectivity index (χ0n) is 16.5. The van der Waals surface area contributed by atoms with Crippen molar-refractivity contribution in [2.24, 2.45) is 7.05 Å². The van der Waals surface area contributed by atoms with Crippen molar-refractivity contribution in [2.45, 2.75) is 13.8 Å². The first kappa shape index (κ1) is 16.7. The topological polar surface area (TPSA) is 29.9 Å². The minimum absolute atomic E-state index is 0.940. The summed E-state index contributed by atoms with van der Waals surface area (Å²) in [4.78, 5) is 4.63. The Balaban J connectivity index is 1.69. The number of furan rings is 1. The van der Waals surface area contributed by atoms with Gasteiger partial charge in [-0.05, 0) is 59.2 Å². The van der Waals surface area contributed by atoms with Gasteiger partial charge in [-0.15, -0.1) is 11.3 Å². The van der Waals surface area contributed by atoms with E-state index in [4.69, 9.17) is 4.42 Å². The second-order valence-corrected chi connectivity index (χ2v) is 8.59. The quantitative estimate of drug-likeness (QED) is 0.299. The van der Waals surface area contributed by atoms with Crippen LogP contribution in [0.3, 0.4) is 0 Å². The van der Waals surface area contributed by atoms with Crippen LogP contribution in [0.4, 0.5) is 0 Å². The fourth-order valence-corrected chi connectivity index (χ4v) is 5.45. The summed E-state index contributed by atoms with van der Waals surface area (Å²) in [5.41, 5.74) is 7.76. The molecule has 0 atom stereocenters. The van der Waals surface area contributed by atoms with Crippen LogP contribution in [0.15, 0.2) is 64.7 Å². The van der Waals surface area contributed by atoms with Crippen molar-refractivity contribution in [1.82, 2.24) is 4.98 Å². The van der Waals surface area contributed by atoms with E-state index in [1.807, 2.05) is 6.33 Å². The molecule has 4 heteroatoms. The predicted molar refractivity (Wildman–Crippen MR) is 120 cm³/mol. The first-order valence-electron chi connectivity index (χ1n) is 9.69. The van der Waals surface area contributed by atoms with Crippen LogP contribution in [0.1, 0.15) is 11.1 Å². The summed E-state index contributed by atoms with van der Waals surface area (Å²) < 4.78 is 9.72. The molecule has 6 aromatic rings. The van der Waals surface area contributed by atoms with Gasteiger partial charge >= 0.3 is 0 Å². The molecule has 3 nitrogen and oxygen atoms in total. The number of aromatic nitrogens is 2. The van der Waals surface area contributed by atoms with Gasteiger partial charge in [0, 0.05) is 27.5 Å². The molecule has 3 heterocycles. The third-order valence-electron chi connectivity index (χ3n) is 5.88. The Hall–Kier alpha value is -3.24. The van der Waals surface area contributed by atoms with Gasteiger partial charge in [0.25, 0.3) is 6.33 Å². The first-order valence-corrected chi connectivity index (χ1v) is 10.6. The van der Waals surface area contributed by atoms with Crippen LogP contribution in [0.2, 0.25) is 0 Å². The summed E-state index contributed by atoms with van der Waals surface area (Å²) in [5.74, 6) is 0. The molecule has 0 saturated carbocycles. The van der Waals surface area contributed by atoms with Gasteiger partial charge in [0.15, 0.2) is 11.2 Å². The summed E-state index contributed by atoms with van der Waals surface area (Å²) in [5, 5.41) is 6.96. The van der Waals surface area contributed by atoms with E-state index in [9.17, 15) is 0 Å². The van der Waals surface area contributed by atoms with E-state index in [1.165, 1.54) is 43.1 Å². The Bertz CT molecular complexity index is 1590. The number of benzene rings is 3. The van der Waals surface area contributed by atoms with E-state index < -0.39 is 0 Å². The lowest BCUT2D eigenvalue weighted by molar-refractivity contribution is -0.662. The summed E-state index contributed by atoms with van der Waals surface area (Å²) in [6, 6.07) is 17.3. The van der Waals surface area contributed by atoms with Crippen LogP contribution >= 0.6 is 11.3 Å². The van der Waals surface area contributed by atoms with E-state index in [2.05, 4.69) is 84.4 Å². The van der Waals surface area contributed by atoms with E-state index in [-0.39, 0.29) is 0 Å². The standard InChI is InChI=1S/C25H19N2OS/c1-14-12-29-25-22(14)26-13-27(3)23(25)18-8-9-19-20-10-16-6-4-5-7-17(16)11-21(20)28-24(19)15(18)2/h4-13H,1-3H3/q+1. The summed E-state index contributed by atoms with van der Waals surface area (Å²) in [6.45, 7) is 4.28. The lowest BCUT2D eigenvalue weighted by Gasteiger charge is -2.07. The molecule has 0 aliphatic carbocycles. The van der Waals surface area contributed by atoms with E-state index in [0.29, 0.717) is 0 Å². The SMILES string of the molecule is Cc1csc2c(-c3ccc4c(oc5cc6ccccc6cc54)c3C)[n+](C)cnc12. The fourth-order valence-electron chi connectivity index (χ4n) is 4.36. The zero-order chi connectivity index (χ0) is 19.7. The van der Waals surface area contributed by atoms with E-state index in [0.717, 1.165) is 22.2 Å². The average molecular weight is 396 g/mol. The molecule has 3 aromatic carbocycles. The minimum Gasteiger partial charge on any atom is -0.456 e. The summed E-state index contributed by atoms with van der Waals surface area (Å²) in [6.07, 6.45) is 1.91. The highest BCUT2D eigenvalue weighted by atomic mass is 32.1. The minimum atomic E-state index is 0.940. The van der Waals surface area contributed by atoms with Crippen molar-refractivity contribution in [2.75, 3.05) is 0 Å². The molecule has 0 saturated heterocycles. The van der Waals surface area contributed by atoms with Crippen molar-refractivity contribution in [3.05, 3.63) is 71.4 Å². The Labute approximate surface area is 171 Å².